The largest absolute Gasteiger partial charge is 0.393 e. The highest BCUT2D eigenvalue weighted by Gasteiger charge is 2.25. The van der Waals surface area contributed by atoms with Crippen LogP contribution in [0.2, 0.25) is 5.02 Å². The van der Waals surface area contributed by atoms with Gasteiger partial charge in [-0.2, -0.15) is 0 Å². The zero-order chi connectivity index (χ0) is 15.1. The number of halogens is 1. The number of nitrogen functional groups attached to an aromatic ring is 1. The summed E-state index contributed by atoms with van der Waals surface area (Å²) in [4.78, 5) is 12.3. The minimum absolute atomic E-state index is 0.169. The maximum absolute atomic E-state index is 12.3. The van der Waals surface area contributed by atoms with E-state index in [-0.39, 0.29) is 11.0 Å². The molecule has 0 saturated carbocycles. The van der Waals surface area contributed by atoms with Crippen molar-refractivity contribution in [3.63, 3.8) is 0 Å². The first-order valence-electron chi connectivity index (χ1n) is 6.52. The molecule has 0 saturated heterocycles. The van der Waals surface area contributed by atoms with E-state index in [1.54, 1.807) is 4.68 Å². The van der Waals surface area contributed by atoms with Crippen LogP contribution in [-0.4, -0.2) is 9.36 Å². The van der Waals surface area contributed by atoms with Gasteiger partial charge >= 0.3 is 0 Å². The van der Waals surface area contributed by atoms with Crippen LogP contribution in [0.1, 0.15) is 32.0 Å². The monoisotopic (exact) mass is 293 g/mol. The zero-order valence-electron chi connectivity index (χ0n) is 12.3. The van der Waals surface area contributed by atoms with Crippen LogP contribution < -0.4 is 11.3 Å². The molecule has 0 bridgehead atoms. The first-order chi connectivity index (χ1) is 9.23. The van der Waals surface area contributed by atoms with Crippen molar-refractivity contribution in [2.45, 2.75) is 32.7 Å². The third-order valence-electron chi connectivity index (χ3n) is 3.39. The highest BCUT2D eigenvalue weighted by Crippen LogP contribution is 2.26. The lowest BCUT2D eigenvalue weighted by Gasteiger charge is -2.21. The van der Waals surface area contributed by atoms with Gasteiger partial charge in [-0.3, -0.25) is 9.48 Å². The molecule has 108 valence electrons. The van der Waals surface area contributed by atoms with E-state index >= 15 is 0 Å². The van der Waals surface area contributed by atoms with Crippen LogP contribution in [0.3, 0.4) is 0 Å². The smallest absolute Gasteiger partial charge is 0.290 e. The number of hydrogen-bond acceptors (Lipinski definition) is 2. The topological polar surface area (TPSA) is 52.9 Å². The molecular weight excluding hydrogens is 274 g/mol. The van der Waals surface area contributed by atoms with Crippen LogP contribution in [0.4, 0.5) is 5.69 Å². The van der Waals surface area contributed by atoms with Gasteiger partial charge in [-0.1, -0.05) is 50.6 Å². The fourth-order valence-corrected chi connectivity index (χ4v) is 2.72. The van der Waals surface area contributed by atoms with Crippen molar-refractivity contribution >= 4 is 17.3 Å². The minimum atomic E-state index is -0.191. The number of anilines is 1. The summed E-state index contributed by atoms with van der Waals surface area (Å²) in [6.45, 7) is 6.53. The first kappa shape index (κ1) is 14.7. The van der Waals surface area contributed by atoms with Crippen LogP contribution in [0.5, 0.6) is 0 Å². The van der Waals surface area contributed by atoms with Gasteiger partial charge in [0.1, 0.15) is 5.69 Å². The maximum atomic E-state index is 12.3. The molecule has 2 aromatic rings. The Kier molecular flexibility index (Phi) is 3.69. The number of hydrogen-bond donors (Lipinski definition) is 1. The molecule has 0 spiro atoms. The molecule has 5 heteroatoms. The third-order valence-corrected chi connectivity index (χ3v) is 3.76. The average molecular weight is 294 g/mol. The zero-order valence-corrected chi connectivity index (χ0v) is 13.0. The number of rotatable bonds is 2. The van der Waals surface area contributed by atoms with Crippen molar-refractivity contribution in [3.8, 4) is 0 Å². The van der Waals surface area contributed by atoms with Crippen molar-refractivity contribution < 1.29 is 0 Å². The fourth-order valence-electron chi connectivity index (χ4n) is 2.53. The van der Waals surface area contributed by atoms with Crippen LogP contribution in [0.15, 0.2) is 29.1 Å². The van der Waals surface area contributed by atoms with Gasteiger partial charge in [0.25, 0.3) is 5.56 Å². The van der Waals surface area contributed by atoms with E-state index in [4.69, 9.17) is 17.3 Å². The molecule has 1 aromatic carbocycles. The van der Waals surface area contributed by atoms with Gasteiger partial charge in [0.2, 0.25) is 0 Å². The van der Waals surface area contributed by atoms with Gasteiger partial charge in [-0.15, -0.1) is 0 Å². The van der Waals surface area contributed by atoms with Crippen molar-refractivity contribution in [1.82, 2.24) is 9.36 Å². The Hall–Kier alpha value is -1.68. The normalized spacial score (nSPS) is 11.8. The van der Waals surface area contributed by atoms with E-state index in [9.17, 15) is 4.79 Å². The second-order valence-electron chi connectivity index (χ2n) is 5.99. The fraction of sp³-hybridized carbons (Fsp3) is 0.400. The standard InChI is InChI=1S/C15H20ClN3O/c1-15(2,3)13-12(17)14(20)19(18(13)4)9-10-7-5-6-8-11(10)16/h5-8H,9,17H2,1-4H3. The second-order valence-corrected chi connectivity index (χ2v) is 6.40. The third kappa shape index (κ3) is 2.48. The molecule has 0 amide bonds. The van der Waals surface area contributed by atoms with Crippen molar-refractivity contribution in [1.29, 1.82) is 0 Å². The van der Waals surface area contributed by atoms with Crippen molar-refractivity contribution in [2.75, 3.05) is 5.73 Å². The van der Waals surface area contributed by atoms with Crippen LogP contribution in [-0.2, 0) is 19.0 Å². The summed E-state index contributed by atoms with van der Waals surface area (Å²) in [7, 11) is 1.86. The molecule has 1 aromatic heterocycles. The molecule has 0 radical (unpaired) electrons. The maximum Gasteiger partial charge on any atom is 0.290 e. The molecule has 0 aliphatic carbocycles. The molecule has 20 heavy (non-hydrogen) atoms. The second kappa shape index (κ2) is 5.02. The molecule has 0 unspecified atom stereocenters. The van der Waals surface area contributed by atoms with Gasteiger partial charge < -0.3 is 5.73 Å². The lowest BCUT2D eigenvalue weighted by molar-refractivity contribution is 0.461. The van der Waals surface area contributed by atoms with Crippen LogP contribution >= 0.6 is 11.6 Å². The summed E-state index contributed by atoms with van der Waals surface area (Å²) in [5, 5.41) is 0.650. The van der Waals surface area contributed by atoms with E-state index in [0.717, 1.165) is 11.3 Å². The minimum Gasteiger partial charge on any atom is -0.393 e. The lowest BCUT2D eigenvalue weighted by Crippen LogP contribution is -2.24. The highest BCUT2D eigenvalue weighted by molar-refractivity contribution is 6.31. The van der Waals surface area contributed by atoms with E-state index in [2.05, 4.69) is 0 Å². The SMILES string of the molecule is Cn1c(C(C)(C)C)c(N)c(=O)n1Cc1ccccc1Cl. The summed E-state index contributed by atoms with van der Waals surface area (Å²) >= 11 is 6.16. The van der Waals surface area contributed by atoms with Gasteiger partial charge in [0.05, 0.1) is 12.2 Å². The quantitative estimate of drug-likeness (QED) is 0.925. The Balaban J connectivity index is 2.55. The summed E-state index contributed by atoms with van der Waals surface area (Å²) < 4.78 is 3.46. The molecule has 1 heterocycles. The highest BCUT2D eigenvalue weighted by atomic mass is 35.5. The lowest BCUT2D eigenvalue weighted by atomic mass is 9.91. The average Bonchev–Trinajstić information content (AvgIpc) is 2.55. The molecule has 4 nitrogen and oxygen atoms in total. The van der Waals surface area contributed by atoms with E-state index in [0.29, 0.717) is 17.3 Å². The number of aromatic nitrogens is 2. The van der Waals surface area contributed by atoms with Gasteiger partial charge in [-0.05, 0) is 11.6 Å². The van der Waals surface area contributed by atoms with Gasteiger partial charge in [0, 0.05) is 17.5 Å². The Morgan fingerprint density at radius 1 is 1.25 bits per heavy atom. The summed E-state index contributed by atoms with van der Waals surface area (Å²) in [5.74, 6) is 0. The Morgan fingerprint density at radius 3 is 2.35 bits per heavy atom. The number of benzene rings is 1. The molecule has 2 N–H and O–H groups in total. The van der Waals surface area contributed by atoms with E-state index < -0.39 is 0 Å². The summed E-state index contributed by atoms with van der Waals surface area (Å²) in [5.41, 5.74) is 7.69. The van der Waals surface area contributed by atoms with Gasteiger partial charge in [-0.25, -0.2) is 4.68 Å². The summed E-state index contributed by atoms with van der Waals surface area (Å²) in [6.07, 6.45) is 0. The molecule has 0 fully saturated rings. The molecular formula is C15H20ClN3O. The summed E-state index contributed by atoms with van der Waals surface area (Å²) in [6, 6.07) is 7.51. The number of nitrogens with two attached hydrogens (primary N) is 1. The predicted molar refractivity (Wildman–Crippen MR) is 83.3 cm³/mol. The Labute approximate surface area is 123 Å². The molecule has 0 aliphatic heterocycles. The Bertz CT molecular complexity index is 692. The first-order valence-corrected chi connectivity index (χ1v) is 6.90. The van der Waals surface area contributed by atoms with Crippen LogP contribution in [0, 0.1) is 0 Å². The van der Waals surface area contributed by atoms with Gasteiger partial charge in [0.15, 0.2) is 0 Å². The van der Waals surface area contributed by atoms with Crippen LogP contribution in [0.25, 0.3) is 0 Å². The predicted octanol–water partition coefficient (Wildman–Crippen LogP) is 2.77. The Morgan fingerprint density at radius 2 is 1.85 bits per heavy atom. The van der Waals surface area contributed by atoms with E-state index in [1.807, 2.05) is 56.8 Å². The van der Waals surface area contributed by atoms with Crippen molar-refractivity contribution in [2.24, 2.45) is 7.05 Å². The number of nitrogens with zero attached hydrogens (tertiary/aromatic N) is 2. The molecule has 0 atom stereocenters. The van der Waals surface area contributed by atoms with E-state index in [1.165, 1.54) is 0 Å². The van der Waals surface area contributed by atoms with Crippen molar-refractivity contribution in [3.05, 3.63) is 50.9 Å². The molecule has 0 aliphatic rings. The molecule has 2 rings (SSSR count).